The summed E-state index contributed by atoms with van der Waals surface area (Å²) in [6, 6.07) is 4.84. The number of carbonyl (C=O) groups excluding carboxylic acids is 1. The van der Waals surface area contributed by atoms with E-state index in [1.54, 1.807) is 25.1 Å². The Morgan fingerprint density at radius 1 is 1.53 bits per heavy atom. The van der Waals surface area contributed by atoms with Crippen molar-refractivity contribution in [2.45, 2.75) is 13.0 Å². The van der Waals surface area contributed by atoms with Crippen LogP contribution < -0.4 is 9.47 Å². The average molecular weight is 238 g/mol. The van der Waals surface area contributed by atoms with Crippen LogP contribution >= 0.6 is 0 Å². The van der Waals surface area contributed by atoms with Gasteiger partial charge in [-0.15, -0.1) is 0 Å². The van der Waals surface area contributed by atoms with Gasteiger partial charge in [0.05, 0.1) is 18.8 Å². The Morgan fingerprint density at radius 3 is 3.06 bits per heavy atom. The summed E-state index contributed by atoms with van der Waals surface area (Å²) in [6.07, 6.45) is -0.351. The Hall–Kier alpha value is -1.75. The number of aliphatic hydroxyl groups is 1. The van der Waals surface area contributed by atoms with Crippen LogP contribution in [0.15, 0.2) is 18.2 Å². The van der Waals surface area contributed by atoms with Gasteiger partial charge in [0, 0.05) is 0 Å². The van der Waals surface area contributed by atoms with Gasteiger partial charge in [-0.2, -0.15) is 0 Å². The molecule has 0 bridgehead atoms. The zero-order chi connectivity index (χ0) is 12.3. The van der Waals surface area contributed by atoms with Crippen molar-refractivity contribution in [1.82, 2.24) is 0 Å². The second-order valence-corrected chi connectivity index (χ2v) is 3.62. The summed E-state index contributed by atoms with van der Waals surface area (Å²) in [4.78, 5) is 11.5. The number of carbonyl (C=O) groups is 1. The number of rotatable bonds is 3. The highest BCUT2D eigenvalue weighted by atomic mass is 16.6. The molecule has 0 spiro atoms. The molecular formula is C12H14O5. The fourth-order valence-electron chi connectivity index (χ4n) is 1.55. The molecule has 5 nitrogen and oxygen atoms in total. The van der Waals surface area contributed by atoms with E-state index in [4.69, 9.17) is 19.3 Å². The van der Waals surface area contributed by atoms with E-state index in [0.717, 1.165) is 0 Å². The molecule has 1 aromatic carbocycles. The first-order valence-electron chi connectivity index (χ1n) is 5.46. The molecule has 0 radical (unpaired) electrons. The molecular weight excluding hydrogens is 224 g/mol. The Morgan fingerprint density at radius 2 is 2.35 bits per heavy atom. The smallest absolute Gasteiger partial charge is 0.338 e. The lowest BCUT2D eigenvalue weighted by Crippen LogP contribution is -2.32. The maximum absolute atomic E-state index is 11.5. The van der Waals surface area contributed by atoms with Crippen molar-refractivity contribution < 1.29 is 24.1 Å². The van der Waals surface area contributed by atoms with Crippen molar-refractivity contribution in [2.24, 2.45) is 0 Å². The summed E-state index contributed by atoms with van der Waals surface area (Å²) < 4.78 is 15.7. The van der Waals surface area contributed by atoms with Crippen LogP contribution in [0.5, 0.6) is 11.5 Å². The minimum atomic E-state index is -0.386. The minimum absolute atomic E-state index is 0.0981. The highest BCUT2D eigenvalue weighted by Crippen LogP contribution is 2.32. The molecule has 5 heteroatoms. The summed E-state index contributed by atoms with van der Waals surface area (Å²) in [5, 5.41) is 8.95. The Balaban J connectivity index is 2.18. The van der Waals surface area contributed by atoms with Gasteiger partial charge in [0.2, 0.25) is 0 Å². The van der Waals surface area contributed by atoms with Crippen molar-refractivity contribution >= 4 is 5.97 Å². The van der Waals surface area contributed by atoms with Crippen LogP contribution in [0.1, 0.15) is 17.3 Å². The van der Waals surface area contributed by atoms with Crippen LogP contribution in [-0.2, 0) is 4.74 Å². The van der Waals surface area contributed by atoms with Crippen molar-refractivity contribution in [1.29, 1.82) is 0 Å². The molecule has 2 rings (SSSR count). The number of benzene rings is 1. The molecule has 92 valence electrons. The maximum Gasteiger partial charge on any atom is 0.338 e. The molecule has 0 saturated heterocycles. The quantitative estimate of drug-likeness (QED) is 0.796. The van der Waals surface area contributed by atoms with Crippen LogP contribution in [0.4, 0.5) is 0 Å². The van der Waals surface area contributed by atoms with Gasteiger partial charge in [-0.3, -0.25) is 0 Å². The van der Waals surface area contributed by atoms with E-state index in [9.17, 15) is 4.79 Å². The first-order valence-corrected chi connectivity index (χ1v) is 5.46. The van der Waals surface area contributed by atoms with Crippen molar-refractivity contribution in [3.8, 4) is 11.5 Å². The van der Waals surface area contributed by atoms with E-state index in [1.807, 2.05) is 0 Å². The normalized spacial score (nSPS) is 17.6. The van der Waals surface area contributed by atoms with E-state index >= 15 is 0 Å². The molecule has 0 aliphatic carbocycles. The third-order valence-corrected chi connectivity index (χ3v) is 2.38. The summed E-state index contributed by atoms with van der Waals surface area (Å²) in [7, 11) is 0. The second kappa shape index (κ2) is 5.05. The summed E-state index contributed by atoms with van der Waals surface area (Å²) >= 11 is 0. The van der Waals surface area contributed by atoms with Gasteiger partial charge in [0.15, 0.2) is 17.6 Å². The number of fused-ring (bicyclic) bond motifs is 1. The SMILES string of the molecule is CCOC(=O)c1ccc2c(c1)OC[C@H](CO)O2. The van der Waals surface area contributed by atoms with Gasteiger partial charge in [-0.05, 0) is 25.1 Å². The average Bonchev–Trinajstić information content (AvgIpc) is 2.37. The van der Waals surface area contributed by atoms with Crippen LogP contribution in [0.25, 0.3) is 0 Å². The fraction of sp³-hybridized carbons (Fsp3) is 0.417. The van der Waals surface area contributed by atoms with Crippen LogP contribution in [0, 0.1) is 0 Å². The number of aliphatic hydroxyl groups excluding tert-OH is 1. The molecule has 1 aromatic rings. The summed E-state index contributed by atoms with van der Waals surface area (Å²) in [5.74, 6) is 0.645. The minimum Gasteiger partial charge on any atom is -0.486 e. The molecule has 1 heterocycles. The lowest BCUT2D eigenvalue weighted by atomic mass is 10.2. The van der Waals surface area contributed by atoms with Crippen molar-refractivity contribution in [2.75, 3.05) is 19.8 Å². The van der Waals surface area contributed by atoms with Crippen molar-refractivity contribution in [3.63, 3.8) is 0 Å². The lowest BCUT2D eigenvalue weighted by Gasteiger charge is -2.25. The topological polar surface area (TPSA) is 65.0 Å². The third kappa shape index (κ3) is 2.50. The van der Waals surface area contributed by atoms with Gasteiger partial charge < -0.3 is 19.3 Å². The second-order valence-electron chi connectivity index (χ2n) is 3.62. The molecule has 0 aromatic heterocycles. The van der Waals surface area contributed by atoms with Gasteiger partial charge in [-0.25, -0.2) is 4.79 Å². The number of hydrogen-bond donors (Lipinski definition) is 1. The highest BCUT2D eigenvalue weighted by Gasteiger charge is 2.21. The van der Waals surface area contributed by atoms with Gasteiger partial charge >= 0.3 is 5.97 Å². The van der Waals surface area contributed by atoms with Gasteiger partial charge in [0.1, 0.15) is 6.61 Å². The van der Waals surface area contributed by atoms with E-state index in [2.05, 4.69) is 0 Å². The fourth-order valence-corrected chi connectivity index (χ4v) is 1.55. The number of ether oxygens (including phenoxy) is 3. The Kier molecular flexibility index (Phi) is 3.49. The zero-order valence-corrected chi connectivity index (χ0v) is 9.51. The first-order chi connectivity index (χ1) is 8.24. The molecule has 1 aliphatic rings. The third-order valence-electron chi connectivity index (χ3n) is 2.38. The Bertz CT molecular complexity index is 415. The van der Waals surface area contributed by atoms with Crippen LogP contribution in [0.2, 0.25) is 0 Å². The highest BCUT2D eigenvalue weighted by molar-refractivity contribution is 5.90. The first kappa shape index (κ1) is 11.7. The van der Waals surface area contributed by atoms with Gasteiger partial charge in [0.25, 0.3) is 0 Å². The number of esters is 1. The monoisotopic (exact) mass is 238 g/mol. The predicted molar refractivity (Wildman–Crippen MR) is 59.4 cm³/mol. The summed E-state index contributed by atoms with van der Waals surface area (Å²) in [6.45, 7) is 2.26. The lowest BCUT2D eigenvalue weighted by molar-refractivity contribution is 0.0446. The molecule has 1 N–H and O–H groups in total. The molecule has 0 fully saturated rings. The molecule has 1 atom stereocenters. The van der Waals surface area contributed by atoms with E-state index in [0.29, 0.717) is 23.7 Å². The van der Waals surface area contributed by atoms with Gasteiger partial charge in [-0.1, -0.05) is 0 Å². The maximum atomic E-state index is 11.5. The van der Waals surface area contributed by atoms with E-state index in [1.165, 1.54) is 0 Å². The van der Waals surface area contributed by atoms with E-state index in [-0.39, 0.29) is 25.3 Å². The van der Waals surface area contributed by atoms with Crippen LogP contribution in [0.3, 0.4) is 0 Å². The molecule has 1 aliphatic heterocycles. The molecule has 0 amide bonds. The van der Waals surface area contributed by atoms with Crippen molar-refractivity contribution in [3.05, 3.63) is 23.8 Å². The van der Waals surface area contributed by atoms with E-state index < -0.39 is 0 Å². The predicted octanol–water partition coefficient (Wildman–Crippen LogP) is 0.995. The largest absolute Gasteiger partial charge is 0.486 e. The molecule has 0 unspecified atom stereocenters. The molecule has 17 heavy (non-hydrogen) atoms. The standard InChI is InChI=1S/C12H14O5/c1-2-15-12(14)8-3-4-10-11(5-8)16-7-9(6-13)17-10/h3-5,9,13H,2,6-7H2,1H3/t9-/m0/s1. The Labute approximate surface area is 98.9 Å². The zero-order valence-electron chi connectivity index (χ0n) is 9.51. The van der Waals surface area contributed by atoms with Crippen LogP contribution in [-0.4, -0.2) is 37.0 Å². The molecule has 0 saturated carbocycles. The summed E-state index contributed by atoms with van der Waals surface area (Å²) in [5.41, 5.74) is 0.427. The number of hydrogen-bond acceptors (Lipinski definition) is 5.